The van der Waals surface area contributed by atoms with Crippen LogP contribution < -0.4 is 14.8 Å². The van der Waals surface area contributed by atoms with Crippen LogP contribution in [0.3, 0.4) is 0 Å². The van der Waals surface area contributed by atoms with E-state index >= 15 is 0 Å². The molecule has 140 valence electrons. The molecule has 3 N–H and O–H groups in total. The van der Waals surface area contributed by atoms with Gasteiger partial charge in [0.2, 0.25) is 5.75 Å². The van der Waals surface area contributed by atoms with Crippen molar-refractivity contribution >= 4 is 0 Å². The van der Waals surface area contributed by atoms with Crippen LogP contribution in [-0.4, -0.2) is 44.1 Å². The van der Waals surface area contributed by atoms with Crippen molar-refractivity contribution in [1.82, 2.24) is 5.32 Å². The number of phenols is 1. The third-order valence-electron chi connectivity index (χ3n) is 4.69. The summed E-state index contributed by atoms with van der Waals surface area (Å²) < 4.78 is 15.9. The number of benzene rings is 2. The molecule has 0 spiro atoms. The van der Waals surface area contributed by atoms with Crippen LogP contribution in [0.15, 0.2) is 36.4 Å². The zero-order chi connectivity index (χ0) is 18.5. The van der Waals surface area contributed by atoms with Crippen LogP contribution in [0.25, 0.3) is 0 Å². The van der Waals surface area contributed by atoms with Crippen molar-refractivity contribution in [2.75, 3.05) is 33.9 Å². The van der Waals surface area contributed by atoms with Gasteiger partial charge in [0.05, 0.1) is 33.5 Å². The van der Waals surface area contributed by atoms with E-state index in [2.05, 4.69) is 17.4 Å². The second-order valence-corrected chi connectivity index (χ2v) is 6.36. The Kier molecular flexibility index (Phi) is 5.98. The van der Waals surface area contributed by atoms with Gasteiger partial charge >= 0.3 is 0 Å². The highest BCUT2D eigenvalue weighted by Gasteiger charge is 2.21. The molecular weight excluding hydrogens is 334 g/mol. The van der Waals surface area contributed by atoms with Crippen LogP contribution >= 0.6 is 0 Å². The van der Waals surface area contributed by atoms with E-state index < -0.39 is 6.10 Å². The lowest BCUT2D eigenvalue weighted by atomic mass is 9.93. The van der Waals surface area contributed by atoms with Crippen molar-refractivity contribution in [3.63, 3.8) is 0 Å². The molecule has 0 aliphatic carbocycles. The number of fused-ring (bicyclic) bond motifs is 1. The van der Waals surface area contributed by atoms with Gasteiger partial charge in [0, 0.05) is 19.0 Å². The Hall–Kier alpha value is -2.28. The van der Waals surface area contributed by atoms with Crippen LogP contribution in [0.2, 0.25) is 0 Å². The number of aromatic hydroxyl groups is 1. The third-order valence-corrected chi connectivity index (χ3v) is 4.69. The second-order valence-electron chi connectivity index (χ2n) is 6.36. The number of hydrogen-bond donors (Lipinski definition) is 3. The molecule has 6 heteroatoms. The maximum absolute atomic E-state index is 10.5. The van der Waals surface area contributed by atoms with Gasteiger partial charge < -0.3 is 29.7 Å². The monoisotopic (exact) mass is 359 g/mol. The lowest BCUT2D eigenvalue weighted by molar-refractivity contribution is 0.0889. The maximum atomic E-state index is 10.5. The van der Waals surface area contributed by atoms with Gasteiger partial charge in [-0.05, 0) is 28.8 Å². The molecule has 26 heavy (non-hydrogen) atoms. The molecule has 0 fully saturated rings. The minimum absolute atomic E-state index is 0.0742. The molecule has 1 aliphatic rings. The molecule has 3 rings (SSSR count). The molecule has 2 aromatic carbocycles. The lowest BCUT2D eigenvalue weighted by Gasteiger charge is -2.26. The van der Waals surface area contributed by atoms with Gasteiger partial charge in [-0.3, -0.25) is 0 Å². The fraction of sp³-hybridized carbons (Fsp3) is 0.400. The Morgan fingerprint density at radius 1 is 1.19 bits per heavy atom. The first-order valence-electron chi connectivity index (χ1n) is 8.63. The average Bonchev–Trinajstić information content (AvgIpc) is 2.68. The lowest BCUT2D eigenvalue weighted by Crippen LogP contribution is -2.30. The molecule has 0 saturated heterocycles. The summed E-state index contributed by atoms with van der Waals surface area (Å²) in [4.78, 5) is 0. The predicted octanol–water partition coefficient (Wildman–Crippen LogP) is 2.35. The number of hydrogen-bond acceptors (Lipinski definition) is 6. The average molecular weight is 359 g/mol. The molecule has 0 radical (unpaired) electrons. The molecule has 0 aromatic heterocycles. The van der Waals surface area contributed by atoms with Gasteiger partial charge in [0.15, 0.2) is 11.5 Å². The standard InChI is InChI=1S/C20H25NO5/c1-24-18-7-14(8-19(25-2)20(18)23)17(22)10-21-9-15-12-26-11-13-5-3-4-6-16(13)15/h3-8,15,17,21-23H,9-12H2,1-2H3. The summed E-state index contributed by atoms with van der Waals surface area (Å²) in [5.74, 6) is 0.729. The van der Waals surface area contributed by atoms with Crippen molar-refractivity contribution in [2.24, 2.45) is 0 Å². The Morgan fingerprint density at radius 2 is 1.88 bits per heavy atom. The molecule has 2 unspecified atom stereocenters. The van der Waals surface area contributed by atoms with E-state index in [1.165, 1.54) is 25.3 Å². The van der Waals surface area contributed by atoms with Crippen molar-refractivity contribution in [3.8, 4) is 17.2 Å². The highest BCUT2D eigenvalue weighted by atomic mass is 16.5. The number of aliphatic hydroxyl groups is 1. The van der Waals surface area contributed by atoms with Gasteiger partial charge in [-0.15, -0.1) is 0 Å². The molecule has 2 atom stereocenters. The van der Waals surface area contributed by atoms with E-state index in [0.717, 1.165) is 0 Å². The van der Waals surface area contributed by atoms with Crippen molar-refractivity contribution in [2.45, 2.75) is 18.6 Å². The van der Waals surface area contributed by atoms with Crippen LogP contribution in [-0.2, 0) is 11.3 Å². The molecular formula is C20H25NO5. The highest BCUT2D eigenvalue weighted by molar-refractivity contribution is 5.53. The van der Waals surface area contributed by atoms with Crippen molar-refractivity contribution in [3.05, 3.63) is 53.1 Å². The Bertz CT molecular complexity index is 724. The van der Waals surface area contributed by atoms with E-state index in [4.69, 9.17) is 14.2 Å². The van der Waals surface area contributed by atoms with Crippen LogP contribution in [0.5, 0.6) is 17.2 Å². The van der Waals surface area contributed by atoms with E-state index in [1.807, 2.05) is 12.1 Å². The molecule has 6 nitrogen and oxygen atoms in total. The summed E-state index contributed by atoms with van der Waals surface area (Å²) in [5.41, 5.74) is 3.14. The molecule has 0 bridgehead atoms. The van der Waals surface area contributed by atoms with Crippen LogP contribution in [0.4, 0.5) is 0 Å². The maximum Gasteiger partial charge on any atom is 0.200 e. The van der Waals surface area contributed by atoms with Gasteiger partial charge in [0.25, 0.3) is 0 Å². The first-order valence-corrected chi connectivity index (χ1v) is 8.63. The first kappa shape index (κ1) is 18.5. The molecule has 0 saturated carbocycles. The summed E-state index contributed by atoms with van der Waals surface area (Å²) in [7, 11) is 2.92. The number of nitrogens with one attached hydrogen (secondary N) is 1. The van der Waals surface area contributed by atoms with Gasteiger partial charge in [-0.25, -0.2) is 0 Å². The Labute approximate surface area is 153 Å². The van der Waals surface area contributed by atoms with Gasteiger partial charge in [-0.2, -0.15) is 0 Å². The van der Waals surface area contributed by atoms with Crippen LogP contribution in [0, 0.1) is 0 Å². The summed E-state index contributed by atoms with van der Waals surface area (Å²) in [6.07, 6.45) is -0.752. The van der Waals surface area contributed by atoms with Crippen LogP contribution in [0.1, 0.15) is 28.7 Å². The molecule has 0 amide bonds. The quantitative estimate of drug-likeness (QED) is 0.704. The van der Waals surface area contributed by atoms with Crippen molar-refractivity contribution < 1.29 is 24.4 Å². The summed E-state index contributed by atoms with van der Waals surface area (Å²) in [6.45, 7) is 2.40. The first-order chi connectivity index (χ1) is 12.6. The number of rotatable bonds is 7. The zero-order valence-electron chi connectivity index (χ0n) is 15.1. The second kappa shape index (κ2) is 8.40. The third kappa shape index (κ3) is 3.93. The minimum Gasteiger partial charge on any atom is -0.502 e. The summed E-state index contributed by atoms with van der Waals surface area (Å²) in [5, 5.41) is 23.8. The zero-order valence-corrected chi connectivity index (χ0v) is 15.1. The number of ether oxygens (including phenoxy) is 3. The molecule has 1 heterocycles. The van der Waals surface area contributed by atoms with E-state index in [-0.39, 0.29) is 23.2 Å². The summed E-state index contributed by atoms with van der Waals surface area (Å²) in [6, 6.07) is 11.5. The fourth-order valence-corrected chi connectivity index (χ4v) is 3.25. The Morgan fingerprint density at radius 3 is 2.58 bits per heavy atom. The smallest absolute Gasteiger partial charge is 0.200 e. The topological polar surface area (TPSA) is 80.2 Å². The van der Waals surface area contributed by atoms with Gasteiger partial charge in [-0.1, -0.05) is 24.3 Å². The Balaban J connectivity index is 1.62. The molecule has 1 aliphatic heterocycles. The van der Waals surface area contributed by atoms with E-state index in [1.54, 1.807) is 12.1 Å². The van der Waals surface area contributed by atoms with Gasteiger partial charge in [0.1, 0.15) is 0 Å². The number of phenolic OH excluding ortho intramolecular Hbond substituents is 1. The molecule has 2 aromatic rings. The van der Waals surface area contributed by atoms with E-state index in [9.17, 15) is 10.2 Å². The SMILES string of the molecule is COc1cc(C(O)CNCC2COCc3ccccc32)cc(OC)c1O. The predicted molar refractivity (Wildman–Crippen MR) is 97.9 cm³/mol. The number of methoxy groups -OCH3 is 2. The normalized spacial score (nSPS) is 17.4. The van der Waals surface area contributed by atoms with E-state index in [0.29, 0.717) is 31.9 Å². The highest BCUT2D eigenvalue weighted by Crippen LogP contribution is 2.38. The fourth-order valence-electron chi connectivity index (χ4n) is 3.25. The number of aliphatic hydroxyl groups excluding tert-OH is 1. The largest absolute Gasteiger partial charge is 0.502 e. The minimum atomic E-state index is -0.752. The van der Waals surface area contributed by atoms with Crippen molar-refractivity contribution in [1.29, 1.82) is 0 Å². The summed E-state index contributed by atoms with van der Waals surface area (Å²) >= 11 is 0.